The molecule has 1 N–H and O–H groups in total. The first-order valence-corrected chi connectivity index (χ1v) is 11.9. The minimum absolute atomic E-state index is 0.0628. The van der Waals surface area contributed by atoms with E-state index in [4.69, 9.17) is 4.74 Å². The van der Waals surface area contributed by atoms with Crippen LogP contribution in [0.4, 0.5) is 0 Å². The van der Waals surface area contributed by atoms with Crippen molar-refractivity contribution in [2.45, 2.75) is 51.8 Å². The van der Waals surface area contributed by atoms with E-state index in [-0.39, 0.29) is 24.0 Å². The number of pyridine rings is 1. The van der Waals surface area contributed by atoms with E-state index < -0.39 is 17.7 Å². The number of aliphatic hydroxyl groups excluding tert-OH is 1. The number of carbonyl (C=O) groups excluding carboxylic acids is 2. The summed E-state index contributed by atoms with van der Waals surface area (Å²) in [6.07, 6.45) is 4.11. The molecule has 2 atom stereocenters. The zero-order valence-corrected chi connectivity index (χ0v) is 20.1. The molecule has 5 rings (SSSR count). The van der Waals surface area contributed by atoms with Crippen molar-refractivity contribution in [3.05, 3.63) is 100 Å². The lowest BCUT2D eigenvalue weighted by molar-refractivity contribution is -0.140. The van der Waals surface area contributed by atoms with Crippen LogP contribution in [0, 0.1) is 0 Å². The quantitative estimate of drug-likeness (QED) is 0.318. The molecule has 3 aromatic rings. The Hall–Kier alpha value is -3.93. The van der Waals surface area contributed by atoms with Crippen molar-refractivity contribution in [2.75, 3.05) is 0 Å². The molecule has 0 aliphatic carbocycles. The molecule has 1 aromatic heterocycles. The van der Waals surface area contributed by atoms with Gasteiger partial charge in [-0.15, -0.1) is 0 Å². The van der Waals surface area contributed by atoms with Crippen molar-refractivity contribution < 1.29 is 19.4 Å². The Balaban J connectivity index is 1.62. The number of carbonyl (C=O) groups is 2. The van der Waals surface area contributed by atoms with Crippen LogP contribution < -0.4 is 4.74 Å². The number of hydrogen-bond acceptors (Lipinski definition) is 5. The van der Waals surface area contributed by atoms with Crippen molar-refractivity contribution in [1.82, 2.24) is 9.88 Å². The van der Waals surface area contributed by atoms with Gasteiger partial charge in [0.2, 0.25) is 0 Å². The van der Waals surface area contributed by atoms with Gasteiger partial charge in [-0.25, -0.2) is 0 Å². The molecule has 2 aliphatic rings. The molecule has 2 aliphatic heterocycles. The maximum atomic E-state index is 13.3. The van der Waals surface area contributed by atoms with Crippen molar-refractivity contribution in [3.8, 4) is 5.75 Å². The number of hydrogen-bond donors (Lipinski definition) is 1. The van der Waals surface area contributed by atoms with Crippen LogP contribution >= 0.6 is 0 Å². The molecule has 3 heterocycles. The second kappa shape index (κ2) is 9.02. The molecular formula is C29H28N2O4. The van der Waals surface area contributed by atoms with Gasteiger partial charge in [-0.3, -0.25) is 14.6 Å². The number of Topliss-reactive ketones (excluding diaryl/α,β-unsaturated/α-hetero) is 1. The van der Waals surface area contributed by atoms with Gasteiger partial charge in [0.15, 0.2) is 0 Å². The monoisotopic (exact) mass is 468 g/mol. The third kappa shape index (κ3) is 4.20. The van der Waals surface area contributed by atoms with Gasteiger partial charge in [-0.1, -0.05) is 38.1 Å². The number of benzene rings is 2. The Morgan fingerprint density at radius 2 is 1.80 bits per heavy atom. The molecule has 1 amide bonds. The Bertz CT molecular complexity index is 1310. The van der Waals surface area contributed by atoms with Crippen LogP contribution in [0.2, 0.25) is 0 Å². The summed E-state index contributed by atoms with van der Waals surface area (Å²) in [4.78, 5) is 32.1. The molecule has 0 saturated carbocycles. The third-order valence-corrected chi connectivity index (χ3v) is 6.73. The lowest BCUT2D eigenvalue weighted by Crippen LogP contribution is -2.29. The van der Waals surface area contributed by atoms with Crippen molar-refractivity contribution in [1.29, 1.82) is 0 Å². The van der Waals surface area contributed by atoms with E-state index in [0.717, 1.165) is 34.4 Å². The highest BCUT2D eigenvalue weighted by Crippen LogP contribution is 2.41. The van der Waals surface area contributed by atoms with Crippen molar-refractivity contribution in [2.24, 2.45) is 0 Å². The summed E-state index contributed by atoms with van der Waals surface area (Å²) < 4.78 is 5.78. The van der Waals surface area contributed by atoms with E-state index in [0.29, 0.717) is 11.5 Å². The number of aromatic nitrogens is 1. The standard InChI is InChI=1S/C29H28N2O4/c1-17(2)20-4-6-21(7-5-20)26-25(27(32)22-8-9-24-23(15-22)14-18(3)35-24)28(33)29(34)31(26)16-19-10-12-30-13-11-19/h4-13,15,17-18,26,32H,14,16H2,1-3H3/b27-25+/t18-,26+/m0/s1. The molecule has 2 aromatic carbocycles. The largest absolute Gasteiger partial charge is 0.507 e. The van der Waals surface area contributed by atoms with E-state index >= 15 is 0 Å². The smallest absolute Gasteiger partial charge is 0.295 e. The number of aliphatic hydroxyl groups is 1. The minimum atomic E-state index is -0.701. The average Bonchev–Trinajstić information content (AvgIpc) is 3.35. The van der Waals surface area contributed by atoms with Gasteiger partial charge in [0.25, 0.3) is 11.7 Å². The molecule has 6 nitrogen and oxygen atoms in total. The second-order valence-corrected chi connectivity index (χ2v) is 9.56. The molecule has 6 heteroatoms. The molecule has 0 unspecified atom stereocenters. The Kier molecular flexibility index (Phi) is 5.89. The van der Waals surface area contributed by atoms with Gasteiger partial charge in [0, 0.05) is 30.9 Å². The zero-order chi connectivity index (χ0) is 24.7. The maximum absolute atomic E-state index is 13.3. The SMILES string of the molecule is CC(C)c1ccc([C@@H]2/C(=C(\O)c3ccc4c(c3)C[C@H](C)O4)C(=O)C(=O)N2Cc2ccncc2)cc1. The van der Waals surface area contributed by atoms with Crippen molar-refractivity contribution in [3.63, 3.8) is 0 Å². The number of amides is 1. The molecule has 1 fully saturated rings. The Morgan fingerprint density at radius 3 is 2.49 bits per heavy atom. The first kappa shape index (κ1) is 22.8. The predicted octanol–water partition coefficient (Wildman–Crippen LogP) is 5.15. The third-order valence-electron chi connectivity index (χ3n) is 6.73. The fourth-order valence-corrected chi connectivity index (χ4v) is 4.86. The normalized spacial score (nSPS) is 20.9. The minimum Gasteiger partial charge on any atom is -0.507 e. The van der Waals surface area contributed by atoms with Gasteiger partial charge in [-0.2, -0.15) is 0 Å². The predicted molar refractivity (Wildman–Crippen MR) is 133 cm³/mol. The summed E-state index contributed by atoms with van der Waals surface area (Å²) in [5.41, 5.74) is 4.38. The summed E-state index contributed by atoms with van der Waals surface area (Å²) in [7, 11) is 0. The van der Waals surface area contributed by atoms with Crippen LogP contribution in [0.15, 0.2) is 72.6 Å². The van der Waals surface area contributed by atoms with Crippen LogP contribution in [0.3, 0.4) is 0 Å². The van der Waals surface area contributed by atoms with E-state index in [1.54, 1.807) is 18.5 Å². The first-order valence-electron chi connectivity index (χ1n) is 11.9. The van der Waals surface area contributed by atoms with Crippen LogP contribution in [-0.2, 0) is 22.6 Å². The molecule has 0 bridgehead atoms. The number of ether oxygens (including phenoxy) is 1. The summed E-state index contributed by atoms with van der Waals surface area (Å²) in [6.45, 7) is 6.45. The van der Waals surface area contributed by atoms with Crippen molar-refractivity contribution >= 4 is 17.4 Å². The summed E-state index contributed by atoms with van der Waals surface area (Å²) in [5.74, 6) is -0.337. The maximum Gasteiger partial charge on any atom is 0.295 e. The topological polar surface area (TPSA) is 79.7 Å². The molecule has 1 saturated heterocycles. The second-order valence-electron chi connectivity index (χ2n) is 9.56. The summed E-state index contributed by atoms with van der Waals surface area (Å²) in [5, 5.41) is 11.4. The summed E-state index contributed by atoms with van der Waals surface area (Å²) >= 11 is 0. The molecular weight excluding hydrogens is 440 g/mol. The van der Waals surface area contributed by atoms with Gasteiger partial charge in [-0.05, 0) is 65.4 Å². The number of fused-ring (bicyclic) bond motifs is 1. The Labute approximate surface area is 204 Å². The molecule has 178 valence electrons. The average molecular weight is 469 g/mol. The lowest BCUT2D eigenvalue weighted by Gasteiger charge is -2.26. The van der Waals surface area contributed by atoms with Gasteiger partial charge in [0.05, 0.1) is 11.6 Å². The van der Waals surface area contributed by atoms with Gasteiger partial charge >= 0.3 is 0 Å². The first-order chi connectivity index (χ1) is 16.8. The molecule has 0 radical (unpaired) electrons. The summed E-state index contributed by atoms with van der Waals surface area (Å²) in [6, 6.07) is 16.3. The zero-order valence-electron chi connectivity index (χ0n) is 20.1. The highest BCUT2D eigenvalue weighted by Gasteiger charge is 2.46. The van der Waals surface area contributed by atoms with E-state index in [1.807, 2.05) is 55.5 Å². The number of ketones is 1. The fraction of sp³-hybridized carbons (Fsp3) is 0.276. The lowest BCUT2D eigenvalue weighted by atomic mass is 9.92. The highest BCUT2D eigenvalue weighted by atomic mass is 16.5. The molecule has 0 spiro atoms. The van der Waals surface area contributed by atoms with Gasteiger partial charge in [0.1, 0.15) is 17.6 Å². The molecule has 35 heavy (non-hydrogen) atoms. The van der Waals surface area contributed by atoms with E-state index in [9.17, 15) is 14.7 Å². The highest BCUT2D eigenvalue weighted by molar-refractivity contribution is 6.46. The van der Waals surface area contributed by atoms with E-state index in [1.165, 1.54) is 4.90 Å². The van der Waals surface area contributed by atoms with E-state index in [2.05, 4.69) is 18.8 Å². The van der Waals surface area contributed by atoms with Crippen LogP contribution in [0.25, 0.3) is 5.76 Å². The van der Waals surface area contributed by atoms with Crippen LogP contribution in [0.1, 0.15) is 60.5 Å². The number of rotatable bonds is 5. The Morgan fingerprint density at radius 1 is 1.09 bits per heavy atom. The van der Waals surface area contributed by atoms with Gasteiger partial charge < -0.3 is 14.7 Å². The fourth-order valence-electron chi connectivity index (χ4n) is 4.86. The van der Waals surface area contributed by atoms with Crippen LogP contribution in [0.5, 0.6) is 5.75 Å². The number of nitrogens with zero attached hydrogens (tertiary/aromatic N) is 2. The van der Waals surface area contributed by atoms with Crippen LogP contribution in [-0.4, -0.2) is 32.8 Å². The number of likely N-dealkylation sites (tertiary alicyclic amines) is 1.